The summed E-state index contributed by atoms with van der Waals surface area (Å²) in [5.74, 6) is -0.697. The number of nitrogens with zero attached hydrogens (tertiary/aromatic N) is 5. The summed E-state index contributed by atoms with van der Waals surface area (Å²) in [6.45, 7) is 3.11. The number of para-hydroxylation sites is 2. The van der Waals surface area contributed by atoms with Gasteiger partial charge in [-0.05, 0) is 24.3 Å². The predicted molar refractivity (Wildman–Crippen MR) is 100 cm³/mol. The van der Waals surface area contributed by atoms with Crippen LogP contribution in [0, 0.1) is 11.6 Å². The topological polar surface area (TPSA) is 57.2 Å². The van der Waals surface area contributed by atoms with Crippen molar-refractivity contribution in [3.63, 3.8) is 0 Å². The first kappa shape index (κ1) is 17.1. The maximum Gasteiger partial charge on any atom is 0.247 e. The van der Waals surface area contributed by atoms with Crippen LogP contribution in [0.15, 0.2) is 54.7 Å². The van der Waals surface area contributed by atoms with Gasteiger partial charge in [0.25, 0.3) is 0 Å². The lowest BCUT2D eigenvalue weighted by Crippen LogP contribution is -2.47. The minimum atomic E-state index is -0.688. The van der Waals surface area contributed by atoms with Gasteiger partial charge in [-0.25, -0.2) is 8.78 Å². The zero-order chi connectivity index (χ0) is 18.6. The van der Waals surface area contributed by atoms with Crippen LogP contribution in [0.25, 0.3) is 0 Å². The Kier molecular flexibility index (Phi) is 4.78. The average Bonchev–Trinajstić information content (AvgIpc) is 2.72. The lowest BCUT2D eigenvalue weighted by atomic mass is 10.2. The SMILES string of the molecule is Fc1cccc(F)c1Nc1cnnc(N2CCN(c3ccccc3)CC2)n1. The zero-order valence-corrected chi connectivity index (χ0v) is 14.5. The minimum Gasteiger partial charge on any atom is -0.368 e. The third kappa shape index (κ3) is 3.79. The van der Waals surface area contributed by atoms with Crippen LogP contribution in [0.5, 0.6) is 0 Å². The van der Waals surface area contributed by atoms with E-state index >= 15 is 0 Å². The molecule has 0 spiro atoms. The van der Waals surface area contributed by atoms with Crippen molar-refractivity contribution >= 4 is 23.1 Å². The fraction of sp³-hybridized carbons (Fsp3) is 0.211. The Labute approximate surface area is 155 Å². The summed E-state index contributed by atoms with van der Waals surface area (Å²) in [6, 6.07) is 13.9. The van der Waals surface area contributed by atoms with Crippen molar-refractivity contribution in [3.05, 3.63) is 66.4 Å². The fourth-order valence-electron chi connectivity index (χ4n) is 3.04. The first-order valence-corrected chi connectivity index (χ1v) is 8.66. The number of benzene rings is 2. The maximum absolute atomic E-state index is 13.8. The summed E-state index contributed by atoms with van der Waals surface area (Å²) in [6.07, 6.45) is 1.34. The van der Waals surface area contributed by atoms with E-state index in [9.17, 15) is 8.78 Å². The van der Waals surface area contributed by atoms with Crippen molar-refractivity contribution < 1.29 is 8.78 Å². The average molecular weight is 368 g/mol. The molecule has 0 aliphatic carbocycles. The quantitative estimate of drug-likeness (QED) is 0.763. The highest BCUT2D eigenvalue weighted by Gasteiger charge is 2.20. The van der Waals surface area contributed by atoms with E-state index in [0.29, 0.717) is 5.95 Å². The van der Waals surface area contributed by atoms with Crippen LogP contribution in [0.1, 0.15) is 0 Å². The van der Waals surface area contributed by atoms with Gasteiger partial charge in [0, 0.05) is 31.9 Å². The van der Waals surface area contributed by atoms with E-state index in [2.05, 4.69) is 37.5 Å². The molecule has 1 aliphatic heterocycles. The minimum absolute atomic E-state index is 0.245. The van der Waals surface area contributed by atoms with Crippen LogP contribution >= 0.6 is 0 Å². The first-order valence-electron chi connectivity index (χ1n) is 8.66. The zero-order valence-electron chi connectivity index (χ0n) is 14.5. The van der Waals surface area contributed by atoms with E-state index in [1.165, 1.54) is 30.1 Å². The molecule has 1 aromatic heterocycles. The van der Waals surface area contributed by atoms with Crippen molar-refractivity contribution in [2.45, 2.75) is 0 Å². The molecule has 138 valence electrons. The van der Waals surface area contributed by atoms with Gasteiger partial charge in [0.15, 0.2) is 5.82 Å². The summed E-state index contributed by atoms with van der Waals surface area (Å²) in [4.78, 5) is 8.66. The summed E-state index contributed by atoms with van der Waals surface area (Å²) in [7, 11) is 0. The van der Waals surface area contributed by atoms with E-state index in [4.69, 9.17) is 0 Å². The van der Waals surface area contributed by atoms with E-state index in [-0.39, 0.29) is 11.5 Å². The summed E-state index contributed by atoms with van der Waals surface area (Å²) in [5.41, 5.74) is 0.930. The largest absolute Gasteiger partial charge is 0.368 e. The summed E-state index contributed by atoms with van der Waals surface area (Å²) in [5, 5.41) is 10.6. The van der Waals surface area contributed by atoms with Gasteiger partial charge in [-0.3, -0.25) is 0 Å². The fourth-order valence-corrected chi connectivity index (χ4v) is 3.04. The van der Waals surface area contributed by atoms with Gasteiger partial charge in [0.2, 0.25) is 5.95 Å². The molecule has 2 heterocycles. The number of anilines is 4. The number of piperazine rings is 1. The number of rotatable bonds is 4. The molecule has 0 unspecified atom stereocenters. The second-order valence-electron chi connectivity index (χ2n) is 6.17. The van der Waals surface area contributed by atoms with Crippen molar-refractivity contribution in [1.82, 2.24) is 15.2 Å². The van der Waals surface area contributed by atoms with Gasteiger partial charge in [-0.1, -0.05) is 24.3 Å². The molecular weight excluding hydrogens is 350 g/mol. The lowest BCUT2D eigenvalue weighted by molar-refractivity contribution is 0.590. The molecule has 1 fully saturated rings. The molecule has 2 aromatic carbocycles. The Balaban J connectivity index is 1.46. The highest BCUT2D eigenvalue weighted by atomic mass is 19.1. The van der Waals surface area contributed by atoms with E-state index < -0.39 is 11.6 Å². The molecule has 0 atom stereocenters. The second-order valence-corrected chi connectivity index (χ2v) is 6.17. The molecule has 4 rings (SSSR count). The molecule has 8 heteroatoms. The van der Waals surface area contributed by atoms with E-state index in [1.807, 2.05) is 23.1 Å². The Morgan fingerprint density at radius 1 is 0.815 bits per heavy atom. The number of aromatic nitrogens is 3. The third-order valence-corrected chi connectivity index (χ3v) is 4.45. The smallest absolute Gasteiger partial charge is 0.247 e. The van der Waals surface area contributed by atoms with Crippen LogP contribution < -0.4 is 15.1 Å². The van der Waals surface area contributed by atoms with Crippen molar-refractivity contribution in [2.75, 3.05) is 41.3 Å². The number of hydrogen-bond donors (Lipinski definition) is 1. The van der Waals surface area contributed by atoms with Gasteiger partial charge in [0.05, 0.1) is 6.20 Å². The normalized spacial score (nSPS) is 14.3. The van der Waals surface area contributed by atoms with Crippen LogP contribution in [0.4, 0.5) is 31.9 Å². The molecule has 1 N–H and O–H groups in total. The predicted octanol–water partition coefficient (Wildman–Crippen LogP) is 3.22. The molecule has 1 saturated heterocycles. The van der Waals surface area contributed by atoms with Crippen molar-refractivity contribution in [1.29, 1.82) is 0 Å². The van der Waals surface area contributed by atoms with Crippen LogP contribution in [0.3, 0.4) is 0 Å². The van der Waals surface area contributed by atoms with Crippen molar-refractivity contribution in [3.8, 4) is 0 Å². The molecule has 6 nitrogen and oxygen atoms in total. The number of halogens is 2. The second kappa shape index (κ2) is 7.53. The Morgan fingerprint density at radius 2 is 1.48 bits per heavy atom. The molecule has 1 aliphatic rings. The van der Waals surface area contributed by atoms with E-state index in [0.717, 1.165) is 26.2 Å². The van der Waals surface area contributed by atoms with Crippen molar-refractivity contribution in [2.24, 2.45) is 0 Å². The van der Waals surface area contributed by atoms with Gasteiger partial charge in [-0.2, -0.15) is 10.1 Å². The Bertz CT molecular complexity index is 893. The van der Waals surface area contributed by atoms with Crippen LogP contribution in [0.2, 0.25) is 0 Å². The van der Waals surface area contributed by atoms with Crippen LogP contribution in [-0.2, 0) is 0 Å². The molecule has 0 bridgehead atoms. The molecule has 27 heavy (non-hydrogen) atoms. The highest BCUT2D eigenvalue weighted by molar-refractivity contribution is 5.58. The molecule has 0 radical (unpaired) electrons. The lowest BCUT2D eigenvalue weighted by Gasteiger charge is -2.35. The summed E-state index contributed by atoms with van der Waals surface area (Å²) >= 11 is 0. The first-order chi connectivity index (χ1) is 13.2. The molecule has 0 amide bonds. The molecule has 3 aromatic rings. The Morgan fingerprint density at radius 3 is 2.19 bits per heavy atom. The van der Waals surface area contributed by atoms with Gasteiger partial charge < -0.3 is 15.1 Å². The van der Waals surface area contributed by atoms with Gasteiger partial charge in [-0.15, -0.1) is 5.10 Å². The third-order valence-electron chi connectivity index (χ3n) is 4.45. The highest BCUT2D eigenvalue weighted by Crippen LogP contribution is 2.23. The number of nitrogens with one attached hydrogen (secondary N) is 1. The van der Waals surface area contributed by atoms with E-state index in [1.54, 1.807) is 0 Å². The maximum atomic E-state index is 13.8. The molecule has 0 saturated carbocycles. The standard InChI is InChI=1S/C19H18F2N6/c20-15-7-4-8-16(21)18(15)23-17-13-22-25-19(24-17)27-11-9-26(10-12-27)14-5-2-1-3-6-14/h1-8,13H,9-12H2,(H,23,24,25). The Hall–Kier alpha value is -3.29. The van der Waals surface area contributed by atoms with Gasteiger partial charge >= 0.3 is 0 Å². The molecular formula is C19H18F2N6. The summed E-state index contributed by atoms with van der Waals surface area (Å²) < 4.78 is 27.6. The number of hydrogen-bond acceptors (Lipinski definition) is 6. The van der Waals surface area contributed by atoms with Crippen LogP contribution in [-0.4, -0.2) is 41.4 Å². The monoisotopic (exact) mass is 368 g/mol. The van der Waals surface area contributed by atoms with Gasteiger partial charge in [0.1, 0.15) is 17.3 Å².